The molecule has 1 aromatic rings. The fourth-order valence-electron chi connectivity index (χ4n) is 1.31. The van der Waals surface area contributed by atoms with E-state index in [-0.39, 0.29) is 5.91 Å². The average molecular weight is 238 g/mol. The van der Waals surface area contributed by atoms with Crippen molar-refractivity contribution in [3.05, 3.63) is 29.8 Å². The van der Waals surface area contributed by atoms with Crippen LogP contribution in [0.25, 0.3) is 0 Å². The van der Waals surface area contributed by atoms with Gasteiger partial charge in [0.15, 0.2) is 0 Å². The highest BCUT2D eigenvalue weighted by atomic mass is 32.2. The van der Waals surface area contributed by atoms with E-state index >= 15 is 0 Å². The molecular formula is C12H18N2OS. The molecule has 0 heterocycles. The normalized spacial score (nSPS) is 12.2. The van der Waals surface area contributed by atoms with E-state index in [1.807, 2.05) is 37.4 Å². The van der Waals surface area contributed by atoms with Crippen molar-refractivity contribution >= 4 is 23.4 Å². The van der Waals surface area contributed by atoms with Crippen LogP contribution in [0.3, 0.4) is 0 Å². The van der Waals surface area contributed by atoms with Crippen LogP contribution in [0.4, 0.5) is 5.69 Å². The number of hydrogen-bond donors (Lipinski definition) is 2. The van der Waals surface area contributed by atoms with E-state index in [0.29, 0.717) is 6.42 Å². The van der Waals surface area contributed by atoms with Gasteiger partial charge in [0.2, 0.25) is 5.91 Å². The van der Waals surface area contributed by atoms with E-state index in [2.05, 4.69) is 5.32 Å². The Hall–Kier alpha value is -1.00. The SMILES string of the molecule is CSCC[C@@H](N)C(=O)Nc1ccccc1C. The van der Waals surface area contributed by atoms with Crippen molar-refractivity contribution in [2.75, 3.05) is 17.3 Å². The molecular weight excluding hydrogens is 220 g/mol. The van der Waals surface area contributed by atoms with E-state index in [1.54, 1.807) is 11.8 Å². The molecule has 4 heteroatoms. The lowest BCUT2D eigenvalue weighted by atomic mass is 10.1. The summed E-state index contributed by atoms with van der Waals surface area (Å²) in [6, 6.07) is 7.26. The lowest BCUT2D eigenvalue weighted by molar-refractivity contribution is -0.117. The largest absolute Gasteiger partial charge is 0.324 e. The third-order valence-electron chi connectivity index (χ3n) is 2.37. The van der Waals surface area contributed by atoms with Crippen LogP contribution < -0.4 is 11.1 Å². The molecule has 0 aliphatic heterocycles. The number of nitrogens with one attached hydrogen (secondary N) is 1. The maximum absolute atomic E-state index is 11.7. The Morgan fingerprint density at radius 2 is 2.19 bits per heavy atom. The van der Waals surface area contributed by atoms with Gasteiger partial charge < -0.3 is 11.1 Å². The third-order valence-corrected chi connectivity index (χ3v) is 3.02. The number of anilines is 1. The molecule has 88 valence electrons. The Labute approximate surface area is 101 Å². The molecule has 0 saturated carbocycles. The number of aryl methyl sites for hydroxylation is 1. The zero-order valence-corrected chi connectivity index (χ0v) is 10.5. The lowest BCUT2D eigenvalue weighted by Gasteiger charge is -2.13. The second-order valence-corrected chi connectivity index (χ2v) is 4.68. The summed E-state index contributed by atoms with van der Waals surface area (Å²) in [6.45, 7) is 1.96. The predicted octanol–water partition coefficient (Wildman–Crippen LogP) is 2.01. The molecule has 1 amide bonds. The average Bonchev–Trinajstić information content (AvgIpc) is 2.28. The maximum Gasteiger partial charge on any atom is 0.241 e. The number of nitrogens with two attached hydrogens (primary N) is 1. The fraction of sp³-hybridized carbons (Fsp3) is 0.417. The predicted molar refractivity (Wildman–Crippen MR) is 70.8 cm³/mol. The standard InChI is InChI=1S/C12H18N2OS/c1-9-5-3-4-6-11(9)14-12(15)10(13)7-8-16-2/h3-6,10H,7-8,13H2,1-2H3,(H,14,15)/t10-/m1/s1. The molecule has 0 saturated heterocycles. The number of benzene rings is 1. The molecule has 0 fully saturated rings. The number of rotatable bonds is 5. The van der Waals surface area contributed by atoms with Crippen molar-refractivity contribution in [1.82, 2.24) is 0 Å². The van der Waals surface area contributed by atoms with E-state index in [1.165, 1.54) is 0 Å². The molecule has 1 rings (SSSR count). The van der Waals surface area contributed by atoms with Crippen LogP contribution in [0.5, 0.6) is 0 Å². The number of carbonyl (C=O) groups is 1. The molecule has 0 unspecified atom stereocenters. The first-order chi connectivity index (χ1) is 7.65. The minimum Gasteiger partial charge on any atom is -0.324 e. The highest BCUT2D eigenvalue weighted by Crippen LogP contribution is 2.13. The highest BCUT2D eigenvalue weighted by molar-refractivity contribution is 7.98. The summed E-state index contributed by atoms with van der Waals surface area (Å²) in [5.41, 5.74) is 7.66. The van der Waals surface area contributed by atoms with Crippen LogP contribution in [-0.4, -0.2) is 24.0 Å². The van der Waals surface area contributed by atoms with Gasteiger partial charge in [0, 0.05) is 5.69 Å². The number of hydrogen-bond acceptors (Lipinski definition) is 3. The van der Waals surface area contributed by atoms with Crippen LogP contribution in [0.2, 0.25) is 0 Å². The molecule has 1 atom stereocenters. The molecule has 0 aliphatic rings. The van der Waals surface area contributed by atoms with E-state index in [9.17, 15) is 4.79 Å². The number of amides is 1. The van der Waals surface area contributed by atoms with Crippen molar-refractivity contribution in [1.29, 1.82) is 0 Å². The number of para-hydroxylation sites is 1. The van der Waals surface area contributed by atoms with Gasteiger partial charge in [-0.25, -0.2) is 0 Å². The second-order valence-electron chi connectivity index (χ2n) is 3.69. The van der Waals surface area contributed by atoms with E-state index in [4.69, 9.17) is 5.73 Å². The molecule has 1 aromatic carbocycles. The Morgan fingerprint density at radius 1 is 1.50 bits per heavy atom. The molecule has 0 aromatic heterocycles. The van der Waals surface area contributed by atoms with E-state index in [0.717, 1.165) is 17.0 Å². The summed E-state index contributed by atoms with van der Waals surface area (Å²) in [4.78, 5) is 11.7. The van der Waals surface area contributed by atoms with Crippen molar-refractivity contribution in [2.24, 2.45) is 5.73 Å². The minimum absolute atomic E-state index is 0.108. The van der Waals surface area contributed by atoms with Gasteiger partial charge in [0.25, 0.3) is 0 Å². The molecule has 0 bridgehead atoms. The zero-order valence-electron chi connectivity index (χ0n) is 9.69. The van der Waals surface area contributed by atoms with Gasteiger partial charge in [-0.3, -0.25) is 4.79 Å². The molecule has 0 radical (unpaired) electrons. The van der Waals surface area contributed by atoms with Crippen molar-refractivity contribution in [3.8, 4) is 0 Å². The second kappa shape index (κ2) is 6.55. The van der Waals surface area contributed by atoms with Gasteiger partial charge in [-0.1, -0.05) is 18.2 Å². The third kappa shape index (κ3) is 3.87. The summed E-state index contributed by atoms with van der Waals surface area (Å²) in [5, 5.41) is 2.85. The molecule has 3 N–H and O–H groups in total. The van der Waals surface area contributed by atoms with Crippen molar-refractivity contribution in [3.63, 3.8) is 0 Å². The summed E-state index contributed by atoms with van der Waals surface area (Å²) in [7, 11) is 0. The Bertz CT molecular complexity index is 355. The summed E-state index contributed by atoms with van der Waals surface area (Å²) in [6.07, 6.45) is 2.71. The highest BCUT2D eigenvalue weighted by Gasteiger charge is 2.13. The monoisotopic (exact) mass is 238 g/mol. The van der Waals surface area contributed by atoms with Crippen molar-refractivity contribution < 1.29 is 4.79 Å². The smallest absolute Gasteiger partial charge is 0.241 e. The quantitative estimate of drug-likeness (QED) is 0.825. The molecule has 16 heavy (non-hydrogen) atoms. The van der Waals surface area contributed by atoms with Crippen LogP contribution in [-0.2, 0) is 4.79 Å². The summed E-state index contributed by atoms with van der Waals surface area (Å²) < 4.78 is 0. The Kier molecular flexibility index (Phi) is 5.35. The maximum atomic E-state index is 11.7. The van der Waals surface area contributed by atoms with Gasteiger partial charge in [-0.2, -0.15) is 11.8 Å². The molecule has 3 nitrogen and oxygen atoms in total. The van der Waals surface area contributed by atoms with Gasteiger partial charge in [-0.05, 0) is 37.0 Å². The van der Waals surface area contributed by atoms with Gasteiger partial charge >= 0.3 is 0 Å². The van der Waals surface area contributed by atoms with Crippen LogP contribution in [0, 0.1) is 6.92 Å². The topological polar surface area (TPSA) is 55.1 Å². The number of carbonyl (C=O) groups excluding carboxylic acids is 1. The fourth-order valence-corrected chi connectivity index (χ4v) is 1.80. The van der Waals surface area contributed by atoms with Crippen LogP contribution >= 0.6 is 11.8 Å². The Morgan fingerprint density at radius 3 is 2.81 bits per heavy atom. The summed E-state index contributed by atoms with van der Waals surface area (Å²) >= 11 is 1.70. The van der Waals surface area contributed by atoms with Gasteiger partial charge in [0.05, 0.1) is 6.04 Å². The zero-order chi connectivity index (χ0) is 12.0. The van der Waals surface area contributed by atoms with E-state index < -0.39 is 6.04 Å². The van der Waals surface area contributed by atoms with Crippen LogP contribution in [0.1, 0.15) is 12.0 Å². The first-order valence-corrected chi connectivity index (χ1v) is 6.65. The van der Waals surface area contributed by atoms with Gasteiger partial charge in [0.1, 0.15) is 0 Å². The van der Waals surface area contributed by atoms with Crippen molar-refractivity contribution in [2.45, 2.75) is 19.4 Å². The number of thioether (sulfide) groups is 1. The molecule has 0 spiro atoms. The minimum atomic E-state index is -0.424. The summed E-state index contributed by atoms with van der Waals surface area (Å²) in [5.74, 6) is 0.797. The first kappa shape index (κ1) is 13.1. The Balaban J connectivity index is 2.54. The van der Waals surface area contributed by atoms with Gasteiger partial charge in [-0.15, -0.1) is 0 Å². The first-order valence-electron chi connectivity index (χ1n) is 5.26. The lowest BCUT2D eigenvalue weighted by Crippen LogP contribution is -2.36. The molecule has 0 aliphatic carbocycles. The van der Waals surface area contributed by atoms with Crippen LogP contribution in [0.15, 0.2) is 24.3 Å².